The monoisotopic (exact) mass is 182 g/mol. The zero-order valence-electron chi connectivity index (χ0n) is 7.43. The third-order valence-electron chi connectivity index (χ3n) is 1.64. The van der Waals surface area contributed by atoms with Crippen molar-refractivity contribution in [3.05, 3.63) is 28.8 Å². The summed E-state index contributed by atoms with van der Waals surface area (Å²) < 4.78 is 0. The Balaban J connectivity index is 3.17. The highest BCUT2D eigenvalue weighted by atomic mass is 35.5. The molecule has 1 rings (SSSR count). The van der Waals surface area contributed by atoms with Crippen LogP contribution in [-0.2, 0) is 0 Å². The van der Waals surface area contributed by atoms with Gasteiger partial charge >= 0.3 is 0 Å². The second kappa shape index (κ2) is 3.68. The summed E-state index contributed by atoms with van der Waals surface area (Å²) in [5, 5.41) is 0.499. The fraction of sp³-hybridized carbons (Fsp3) is 0.333. The number of allylic oxidation sites excluding steroid dienone is 2. The summed E-state index contributed by atoms with van der Waals surface area (Å²) in [5.41, 5.74) is 2.01. The van der Waals surface area contributed by atoms with Crippen LogP contribution in [0.5, 0.6) is 0 Å². The number of rotatable bonds is 1. The lowest BCUT2D eigenvalue weighted by Crippen LogP contribution is -1.93. The van der Waals surface area contributed by atoms with Gasteiger partial charge in [0.15, 0.2) is 0 Å². The van der Waals surface area contributed by atoms with E-state index >= 15 is 0 Å². The highest BCUT2D eigenvalue weighted by Gasteiger charge is 2.00. The van der Waals surface area contributed by atoms with Crippen LogP contribution in [0.1, 0.15) is 25.4 Å². The predicted molar refractivity (Wildman–Crippen MR) is 51.1 cm³/mol. The molecule has 0 atom stereocenters. The van der Waals surface area contributed by atoms with Crippen molar-refractivity contribution in [1.82, 2.24) is 9.97 Å². The molecule has 0 aliphatic heterocycles. The molecule has 1 aromatic heterocycles. The molecular weight excluding hydrogens is 172 g/mol. The second-order valence-corrected chi connectivity index (χ2v) is 2.98. The Morgan fingerprint density at radius 1 is 1.50 bits per heavy atom. The van der Waals surface area contributed by atoms with Crippen LogP contribution in [-0.4, -0.2) is 9.97 Å². The van der Waals surface area contributed by atoms with Gasteiger partial charge in [-0.25, -0.2) is 9.97 Å². The van der Waals surface area contributed by atoms with Crippen LogP contribution in [0.3, 0.4) is 0 Å². The van der Waals surface area contributed by atoms with E-state index in [1.165, 1.54) is 0 Å². The minimum Gasteiger partial charge on any atom is -0.233 e. The second-order valence-electron chi connectivity index (χ2n) is 2.59. The first-order chi connectivity index (χ1) is 5.63. The molecule has 2 nitrogen and oxygen atoms in total. The molecule has 0 aliphatic rings. The van der Waals surface area contributed by atoms with Gasteiger partial charge in [-0.15, -0.1) is 0 Å². The zero-order chi connectivity index (χ0) is 9.14. The number of hydrogen-bond donors (Lipinski definition) is 0. The van der Waals surface area contributed by atoms with Crippen molar-refractivity contribution in [3.63, 3.8) is 0 Å². The standard InChI is InChI=1S/C9H11ClN2/c1-4-6(2)8-5-9(10)12-7(3)11-8/h4-5H,1-3H3/b6-4+. The SMILES string of the molecule is C/C=C(\C)c1cc(Cl)nc(C)n1. The smallest absolute Gasteiger partial charge is 0.133 e. The highest BCUT2D eigenvalue weighted by Crippen LogP contribution is 2.14. The van der Waals surface area contributed by atoms with E-state index in [-0.39, 0.29) is 0 Å². The third kappa shape index (κ3) is 2.05. The lowest BCUT2D eigenvalue weighted by Gasteiger charge is -2.01. The summed E-state index contributed by atoms with van der Waals surface area (Å²) in [4.78, 5) is 8.22. The first-order valence-electron chi connectivity index (χ1n) is 3.78. The van der Waals surface area contributed by atoms with Crippen LogP contribution in [0.15, 0.2) is 12.1 Å². The number of halogens is 1. The molecule has 0 aliphatic carbocycles. The van der Waals surface area contributed by atoms with Gasteiger partial charge in [-0.3, -0.25) is 0 Å². The van der Waals surface area contributed by atoms with Crippen LogP contribution in [0.2, 0.25) is 5.15 Å². The topological polar surface area (TPSA) is 25.8 Å². The van der Waals surface area contributed by atoms with Gasteiger partial charge in [-0.2, -0.15) is 0 Å². The molecule has 0 amide bonds. The molecule has 0 spiro atoms. The van der Waals surface area contributed by atoms with Crippen molar-refractivity contribution in [3.8, 4) is 0 Å². The van der Waals surface area contributed by atoms with Crippen LogP contribution in [0, 0.1) is 6.92 Å². The summed E-state index contributed by atoms with van der Waals surface area (Å²) in [5.74, 6) is 0.707. The van der Waals surface area contributed by atoms with E-state index in [4.69, 9.17) is 11.6 Å². The molecule has 0 saturated carbocycles. The van der Waals surface area contributed by atoms with Crippen LogP contribution in [0.4, 0.5) is 0 Å². The Bertz CT molecular complexity index is 298. The largest absolute Gasteiger partial charge is 0.233 e. The molecule has 3 heteroatoms. The number of hydrogen-bond acceptors (Lipinski definition) is 2. The van der Waals surface area contributed by atoms with E-state index in [1.54, 1.807) is 6.07 Å². The summed E-state index contributed by atoms with van der Waals surface area (Å²) in [7, 11) is 0. The molecule has 0 radical (unpaired) electrons. The number of nitrogens with zero attached hydrogens (tertiary/aromatic N) is 2. The molecule has 0 aromatic carbocycles. The number of aromatic nitrogens is 2. The van der Waals surface area contributed by atoms with Crippen molar-refractivity contribution in [2.24, 2.45) is 0 Å². The quantitative estimate of drug-likeness (QED) is 0.625. The maximum Gasteiger partial charge on any atom is 0.133 e. The Morgan fingerprint density at radius 2 is 2.17 bits per heavy atom. The van der Waals surface area contributed by atoms with Gasteiger partial charge in [0.2, 0.25) is 0 Å². The van der Waals surface area contributed by atoms with Crippen LogP contribution in [0.25, 0.3) is 5.57 Å². The average Bonchev–Trinajstić information content (AvgIpc) is 2.01. The lowest BCUT2D eigenvalue weighted by atomic mass is 10.2. The molecule has 0 unspecified atom stereocenters. The molecule has 1 aromatic rings. The van der Waals surface area contributed by atoms with Crippen molar-refractivity contribution in [1.29, 1.82) is 0 Å². The highest BCUT2D eigenvalue weighted by molar-refractivity contribution is 6.29. The minimum atomic E-state index is 0.499. The van der Waals surface area contributed by atoms with Crippen LogP contribution < -0.4 is 0 Å². The zero-order valence-corrected chi connectivity index (χ0v) is 8.18. The molecule has 0 fully saturated rings. The minimum absolute atomic E-state index is 0.499. The fourth-order valence-electron chi connectivity index (χ4n) is 0.881. The van der Waals surface area contributed by atoms with Gasteiger partial charge in [0.25, 0.3) is 0 Å². The molecule has 12 heavy (non-hydrogen) atoms. The van der Waals surface area contributed by atoms with Gasteiger partial charge < -0.3 is 0 Å². The average molecular weight is 183 g/mol. The lowest BCUT2D eigenvalue weighted by molar-refractivity contribution is 1.03. The van der Waals surface area contributed by atoms with E-state index in [0.717, 1.165) is 11.3 Å². The van der Waals surface area contributed by atoms with E-state index in [0.29, 0.717) is 11.0 Å². The maximum atomic E-state index is 5.77. The van der Waals surface area contributed by atoms with Gasteiger partial charge in [0.05, 0.1) is 5.69 Å². The molecule has 0 bridgehead atoms. The summed E-state index contributed by atoms with van der Waals surface area (Å²) in [6.45, 7) is 5.80. The van der Waals surface area contributed by atoms with E-state index in [1.807, 2.05) is 26.8 Å². The van der Waals surface area contributed by atoms with E-state index in [9.17, 15) is 0 Å². The summed E-state index contributed by atoms with van der Waals surface area (Å²) in [6.07, 6.45) is 2.00. The van der Waals surface area contributed by atoms with Gasteiger partial charge in [0, 0.05) is 6.07 Å². The molecule has 1 heterocycles. The normalized spacial score (nSPS) is 11.8. The third-order valence-corrected chi connectivity index (χ3v) is 1.84. The first kappa shape index (κ1) is 9.20. The molecular formula is C9H11ClN2. The molecule has 64 valence electrons. The Kier molecular flexibility index (Phi) is 2.82. The van der Waals surface area contributed by atoms with Gasteiger partial charge in [-0.1, -0.05) is 17.7 Å². The van der Waals surface area contributed by atoms with Gasteiger partial charge in [-0.05, 0) is 26.3 Å². The van der Waals surface area contributed by atoms with Gasteiger partial charge in [0.1, 0.15) is 11.0 Å². The fourth-order valence-corrected chi connectivity index (χ4v) is 1.11. The number of aryl methyl sites for hydroxylation is 1. The first-order valence-corrected chi connectivity index (χ1v) is 4.15. The van der Waals surface area contributed by atoms with Crippen LogP contribution >= 0.6 is 11.6 Å². The molecule has 0 saturated heterocycles. The Hall–Kier alpha value is -0.890. The Morgan fingerprint density at radius 3 is 2.67 bits per heavy atom. The van der Waals surface area contributed by atoms with Crippen molar-refractivity contribution < 1.29 is 0 Å². The Labute approximate surface area is 77.3 Å². The summed E-state index contributed by atoms with van der Waals surface area (Å²) in [6, 6.07) is 1.77. The summed E-state index contributed by atoms with van der Waals surface area (Å²) >= 11 is 5.77. The van der Waals surface area contributed by atoms with Crippen molar-refractivity contribution >= 4 is 17.2 Å². The van der Waals surface area contributed by atoms with E-state index in [2.05, 4.69) is 9.97 Å². The molecule has 0 N–H and O–H groups in total. The predicted octanol–water partition coefficient (Wildman–Crippen LogP) is 2.86. The maximum absolute atomic E-state index is 5.77. The van der Waals surface area contributed by atoms with Crippen molar-refractivity contribution in [2.45, 2.75) is 20.8 Å². The van der Waals surface area contributed by atoms with Crippen molar-refractivity contribution in [2.75, 3.05) is 0 Å². The van der Waals surface area contributed by atoms with E-state index < -0.39 is 0 Å².